The molecule has 1 saturated heterocycles. The summed E-state index contributed by atoms with van der Waals surface area (Å²) < 4.78 is 0. The first-order valence-electron chi connectivity index (χ1n) is 8.29. The topological polar surface area (TPSA) is 15.3 Å². The van der Waals surface area contributed by atoms with Crippen LogP contribution in [-0.2, 0) is 6.42 Å². The van der Waals surface area contributed by atoms with Gasteiger partial charge >= 0.3 is 0 Å². The molecular formula is C18H30N2. The predicted octanol–water partition coefficient (Wildman–Crippen LogP) is 3.47. The molecule has 0 aromatic heterocycles. The quantitative estimate of drug-likeness (QED) is 0.766. The van der Waals surface area contributed by atoms with E-state index in [1.165, 1.54) is 57.3 Å². The molecule has 0 radical (unpaired) electrons. The van der Waals surface area contributed by atoms with Crippen LogP contribution in [0.15, 0.2) is 30.3 Å². The Morgan fingerprint density at radius 1 is 1.10 bits per heavy atom. The van der Waals surface area contributed by atoms with Crippen LogP contribution in [-0.4, -0.2) is 36.6 Å². The number of aryl methyl sites for hydroxylation is 1. The van der Waals surface area contributed by atoms with Gasteiger partial charge in [0, 0.05) is 25.2 Å². The van der Waals surface area contributed by atoms with Gasteiger partial charge in [-0.15, -0.1) is 0 Å². The van der Waals surface area contributed by atoms with Crippen molar-refractivity contribution in [3.05, 3.63) is 35.9 Å². The van der Waals surface area contributed by atoms with Gasteiger partial charge in [0.2, 0.25) is 0 Å². The Balaban J connectivity index is 1.69. The molecule has 0 spiro atoms. The molecule has 1 heterocycles. The predicted molar refractivity (Wildman–Crippen MR) is 87.1 cm³/mol. The van der Waals surface area contributed by atoms with Crippen LogP contribution in [0.1, 0.15) is 45.1 Å². The largest absolute Gasteiger partial charge is 0.309 e. The van der Waals surface area contributed by atoms with E-state index in [9.17, 15) is 0 Å². The van der Waals surface area contributed by atoms with Crippen molar-refractivity contribution in [3.8, 4) is 0 Å². The van der Waals surface area contributed by atoms with Crippen molar-refractivity contribution in [2.45, 2.75) is 51.5 Å². The van der Waals surface area contributed by atoms with Crippen molar-refractivity contribution in [3.63, 3.8) is 0 Å². The lowest BCUT2D eigenvalue weighted by molar-refractivity contribution is 0.122. The highest BCUT2D eigenvalue weighted by Crippen LogP contribution is 2.20. The van der Waals surface area contributed by atoms with E-state index in [1.54, 1.807) is 0 Å². The van der Waals surface area contributed by atoms with Crippen LogP contribution < -0.4 is 5.32 Å². The maximum atomic E-state index is 3.74. The molecule has 112 valence electrons. The van der Waals surface area contributed by atoms with E-state index in [-0.39, 0.29) is 0 Å². The third kappa shape index (κ3) is 4.32. The van der Waals surface area contributed by atoms with Gasteiger partial charge in [-0.25, -0.2) is 0 Å². The van der Waals surface area contributed by atoms with E-state index < -0.39 is 0 Å². The maximum absolute atomic E-state index is 3.74. The monoisotopic (exact) mass is 274 g/mol. The molecule has 0 atom stereocenters. The van der Waals surface area contributed by atoms with E-state index in [1.807, 2.05) is 0 Å². The normalized spacial score (nSPS) is 19.1. The third-order valence-electron chi connectivity index (χ3n) is 4.84. The zero-order chi connectivity index (χ0) is 14.3. The summed E-state index contributed by atoms with van der Waals surface area (Å²) >= 11 is 0. The Morgan fingerprint density at radius 3 is 2.55 bits per heavy atom. The fraction of sp³-hybridized carbons (Fsp3) is 0.667. The van der Waals surface area contributed by atoms with Gasteiger partial charge in [0.15, 0.2) is 0 Å². The molecule has 1 aromatic carbocycles. The molecule has 1 aliphatic heterocycles. The summed E-state index contributed by atoms with van der Waals surface area (Å²) in [7, 11) is 0. The minimum Gasteiger partial charge on any atom is -0.309 e. The first-order chi connectivity index (χ1) is 9.78. The fourth-order valence-corrected chi connectivity index (χ4v) is 3.27. The highest BCUT2D eigenvalue weighted by molar-refractivity contribution is 5.14. The van der Waals surface area contributed by atoms with Crippen LogP contribution in [0, 0.1) is 0 Å². The summed E-state index contributed by atoms with van der Waals surface area (Å²) in [5.74, 6) is 0. The second kappa shape index (κ2) is 7.80. The lowest BCUT2D eigenvalue weighted by Gasteiger charge is -2.43. The third-order valence-corrected chi connectivity index (χ3v) is 4.84. The molecule has 2 rings (SSSR count). The van der Waals surface area contributed by atoms with E-state index in [0.29, 0.717) is 5.54 Å². The number of benzene rings is 1. The van der Waals surface area contributed by atoms with Gasteiger partial charge in [0.1, 0.15) is 0 Å². The van der Waals surface area contributed by atoms with Gasteiger partial charge in [0.05, 0.1) is 0 Å². The minimum absolute atomic E-state index is 0.373. The lowest BCUT2D eigenvalue weighted by atomic mass is 9.90. The standard InChI is InChI=1S/C18H30N2/c1-3-18(4-2)16-20(15-13-19-18)14-9-8-12-17-10-6-5-7-11-17/h5-7,10-11,19H,3-4,8-9,12-16H2,1-2H3. The second-order valence-corrected chi connectivity index (χ2v) is 6.13. The molecule has 20 heavy (non-hydrogen) atoms. The van der Waals surface area contributed by atoms with Crippen LogP contribution in [0.3, 0.4) is 0 Å². The smallest absolute Gasteiger partial charge is 0.0304 e. The number of unbranched alkanes of at least 4 members (excludes halogenated alkanes) is 1. The van der Waals surface area contributed by atoms with Gasteiger partial charge in [-0.3, -0.25) is 0 Å². The highest BCUT2D eigenvalue weighted by Gasteiger charge is 2.31. The van der Waals surface area contributed by atoms with E-state index in [2.05, 4.69) is 54.4 Å². The molecule has 0 bridgehead atoms. The lowest BCUT2D eigenvalue weighted by Crippen LogP contribution is -2.59. The SMILES string of the molecule is CCC1(CC)CN(CCCCc2ccccc2)CCN1. The van der Waals surface area contributed by atoms with Gasteiger partial charge in [-0.05, 0) is 44.2 Å². The Bertz CT molecular complexity index is 370. The van der Waals surface area contributed by atoms with Crippen molar-refractivity contribution in [1.29, 1.82) is 0 Å². The number of nitrogens with one attached hydrogen (secondary N) is 1. The van der Waals surface area contributed by atoms with Crippen LogP contribution in [0.25, 0.3) is 0 Å². The Hall–Kier alpha value is -0.860. The average molecular weight is 274 g/mol. The van der Waals surface area contributed by atoms with E-state index >= 15 is 0 Å². The van der Waals surface area contributed by atoms with Gasteiger partial charge in [0.25, 0.3) is 0 Å². The summed E-state index contributed by atoms with van der Waals surface area (Å²) in [5.41, 5.74) is 1.85. The van der Waals surface area contributed by atoms with Gasteiger partial charge < -0.3 is 10.2 Å². The molecule has 2 heteroatoms. The molecular weight excluding hydrogens is 244 g/mol. The number of piperazine rings is 1. The van der Waals surface area contributed by atoms with Crippen molar-refractivity contribution in [1.82, 2.24) is 10.2 Å². The molecule has 0 unspecified atom stereocenters. The van der Waals surface area contributed by atoms with Crippen molar-refractivity contribution < 1.29 is 0 Å². The first kappa shape index (κ1) is 15.5. The van der Waals surface area contributed by atoms with Gasteiger partial charge in [-0.2, -0.15) is 0 Å². The Morgan fingerprint density at radius 2 is 1.85 bits per heavy atom. The molecule has 0 saturated carbocycles. The van der Waals surface area contributed by atoms with Crippen molar-refractivity contribution >= 4 is 0 Å². The molecule has 1 aromatic rings. The van der Waals surface area contributed by atoms with E-state index in [0.717, 1.165) is 6.54 Å². The summed E-state index contributed by atoms with van der Waals surface area (Å²) in [4.78, 5) is 2.66. The summed E-state index contributed by atoms with van der Waals surface area (Å²) in [6.45, 7) is 9.49. The maximum Gasteiger partial charge on any atom is 0.0304 e. The minimum atomic E-state index is 0.373. The van der Waals surface area contributed by atoms with Crippen molar-refractivity contribution in [2.24, 2.45) is 0 Å². The van der Waals surface area contributed by atoms with Crippen LogP contribution in [0.4, 0.5) is 0 Å². The number of rotatable bonds is 7. The summed E-state index contributed by atoms with van der Waals surface area (Å²) in [6, 6.07) is 10.9. The zero-order valence-corrected chi connectivity index (χ0v) is 13.2. The summed E-state index contributed by atoms with van der Waals surface area (Å²) in [6.07, 6.45) is 6.32. The molecule has 2 nitrogen and oxygen atoms in total. The Labute approximate surface area is 124 Å². The van der Waals surface area contributed by atoms with Gasteiger partial charge in [-0.1, -0.05) is 44.2 Å². The highest BCUT2D eigenvalue weighted by atomic mass is 15.2. The first-order valence-corrected chi connectivity index (χ1v) is 8.29. The molecule has 1 N–H and O–H groups in total. The van der Waals surface area contributed by atoms with Crippen LogP contribution in [0.5, 0.6) is 0 Å². The van der Waals surface area contributed by atoms with E-state index in [4.69, 9.17) is 0 Å². The average Bonchev–Trinajstić information content (AvgIpc) is 2.53. The number of hydrogen-bond donors (Lipinski definition) is 1. The molecule has 0 aliphatic carbocycles. The number of nitrogens with zero attached hydrogens (tertiary/aromatic N) is 1. The molecule has 0 amide bonds. The van der Waals surface area contributed by atoms with Crippen LogP contribution >= 0.6 is 0 Å². The fourth-order valence-electron chi connectivity index (χ4n) is 3.27. The van der Waals surface area contributed by atoms with Crippen LogP contribution in [0.2, 0.25) is 0 Å². The second-order valence-electron chi connectivity index (χ2n) is 6.13. The summed E-state index contributed by atoms with van der Waals surface area (Å²) in [5, 5.41) is 3.74. The zero-order valence-electron chi connectivity index (χ0n) is 13.2. The Kier molecular flexibility index (Phi) is 6.06. The molecule has 1 fully saturated rings. The van der Waals surface area contributed by atoms with Crippen molar-refractivity contribution in [2.75, 3.05) is 26.2 Å². The molecule has 1 aliphatic rings. The number of hydrogen-bond acceptors (Lipinski definition) is 2.